The second kappa shape index (κ2) is 5.19. The Balaban J connectivity index is 2.11. The molecule has 1 heterocycles. The van der Waals surface area contributed by atoms with Gasteiger partial charge in [0.25, 0.3) is 0 Å². The van der Waals surface area contributed by atoms with Crippen molar-refractivity contribution in [2.75, 3.05) is 0 Å². The Labute approximate surface area is 114 Å². The van der Waals surface area contributed by atoms with Crippen LogP contribution >= 0.6 is 34.2 Å². The highest BCUT2D eigenvalue weighted by atomic mass is 127. The third kappa shape index (κ3) is 2.98. The molecular weight excluding hydrogens is 335 g/mol. The van der Waals surface area contributed by atoms with E-state index in [0.29, 0.717) is 0 Å². The zero-order chi connectivity index (χ0) is 11.5. The molecule has 0 aliphatic heterocycles. The first-order valence-electron chi connectivity index (χ1n) is 5.06. The molecule has 16 heavy (non-hydrogen) atoms. The number of alkyl halides is 1. The molecule has 0 N–H and O–H groups in total. The van der Waals surface area contributed by atoms with Crippen molar-refractivity contribution >= 4 is 34.2 Å². The van der Waals surface area contributed by atoms with Gasteiger partial charge in [0, 0.05) is 15.3 Å². The van der Waals surface area contributed by atoms with Gasteiger partial charge in [-0.2, -0.15) is 5.10 Å². The topological polar surface area (TPSA) is 17.8 Å². The second-order valence-corrected chi connectivity index (χ2v) is 5.61. The maximum Gasteiger partial charge on any atom is 0.0659 e. The Morgan fingerprint density at radius 3 is 2.62 bits per heavy atom. The summed E-state index contributed by atoms with van der Waals surface area (Å²) in [6.07, 6.45) is 3.82. The van der Waals surface area contributed by atoms with E-state index < -0.39 is 0 Å². The van der Waals surface area contributed by atoms with E-state index in [9.17, 15) is 0 Å². The molecule has 0 radical (unpaired) electrons. The minimum atomic E-state index is 0.0190. The quantitative estimate of drug-likeness (QED) is 0.610. The lowest BCUT2D eigenvalue weighted by Gasteiger charge is -2.02. The summed E-state index contributed by atoms with van der Waals surface area (Å²) in [7, 11) is 0. The highest BCUT2D eigenvalue weighted by Gasteiger charge is 2.04. The van der Waals surface area contributed by atoms with Crippen LogP contribution in [0.5, 0.6) is 0 Å². The molecule has 2 aromatic rings. The van der Waals surface area contributed by atoms with Crippen LogP contribution in [0.25, 0.3) is 0 Å². The summed E-state index contributed by atoms with van der Waals surface area (Å²) in [5, 5.41) is 4.30. The molecule has 0 aliphatic rings. The normalized spacial score (nSPS) is 12.7. The average molecular weight is 347 g/mol. The molecule has 0 spiro atoms. The van der Waals surface area contributed by atoms with Crippen molar-refractivity contribution in [3.63, 3.8) is 0 Å². The van der Waals surface area contributed by atoms with Gasteiger partial charge in [0.15, 0.2) is 0 Å². The molecule has 0 fully saturated rings. The van der Waals surface area contributed by atoms with E-state index in [2.05, 4.69) is 52.0 Å². The number of halogens is 2. The lowest BCUT2D eigenvalue weighted by Crippen LogP contribution is -1.99. The van der Waals surface area contributed by atoms with E-state index in [0.717, 1.165) is 12.1 Å². The lowest BCUT2D eigenvalue weighted by atomic mass is 10.2. The van der Waals surface area contributed by atoms with Gasteiger partial charge in [0.1, 0.15) is 0 Å². The summed E-state index contributed by atoms with van der Waals surface area (Å²) in [4.78, 5) is 0. The molecule has 2 nitrogen and oxygen atoms in total. The van der Waals surface area contributed by atoms with E-state index in [1.807, 2.05) is 24.0 Å². The van der Waals surface area contributed by atoms with Crippen LogP contribution in [0.1, 0.15) is 23.4 Å². The van der Waals surface area contributed by atoms with Gasteiger partial charge >= 0.3 is 0 Å². The monoisotopic (exact) mass is 346 g/mol. The predicted octanol–water partition coefficient (Wildman–Crippen LogP) is 3.84. The third-order valence-corrected chi connectivity index (χ3v) is 3.34. The summed E-state index contributed by atoms with van der Waals surface area (Å²) in [6.45, 7) is 2.74. The van der Waals surface area contributed by atoms with E-state index in [1.165, 1.54) is 9.13 Å². The summed E-state index contributed by atoms with van der Waals surface area (Å²) >= 11 is 8.29. The van der Waals surface area contributed by atoms with Gasteiger partial charge in [-0.15, -0.1) is 11.6 Å². The largest absolute Gasteiger partial charge is 0.268 e. The molecule has 0 saturated carbocycles. The number of hydrogen-bond acceptors (Lipinski definition) is 1. The molecule has 1 aromatic carbocycles. The van der Waals surface area contributed by atoms with Crippen LogP contribution in [-0.2, 0) is 6.54 Å². The van der Waals surface area contributed by atoms with Crippen LogP contribution in [0.3, 0.4) is 0 Å². The fourth-order valence-corrected chi connectivity index (χ4v) is 1.92. The molecule has 1 aromatic heterocycles. The molecular formula is C12H12ClIN2. The second-order valence-electron chi connectivity index (χ2n) is 3.71. The minimum absolute atomic E-state index is 0.0190. The number of hydrogen-bond donors (Lipinski definition) is 0. The summed E-state index contributed by atoms with van der Waals surface area (Å²) in [5.41, 5.74) is 2.31. The smallest absolute Gasteiger partial charge is 0.0659 e. The Bertz CT molecular complexity index is 462. The zero-order valence-electron chi connectivity index (χ0n) is 8.90. The van der Waals surface area contributed by atoms with E-state index >= 15 is 0 Å². The molecule has 2 rings (SSSR count). The lowest BCUT2D eigenvalue weighted by molar-refractivity contribution is 0.686. The van der Waals surface area contributed by atoms with Crippen molar-refractivity contribution in [3.05, 3.63) is 51.4 Å². The predicted molar refractivity (Wildman–Crippen MR) is 74.8 cm³/mol. The van der Waals surface area contributed by atoms with E-state index in [-0.39, 0.29) is 5.38 Å². The zero-order valence-corrected chi connectivity index (χ0v) is 11.8. The first kappa shape index (κ1) is 11.9. The van der Waals surface area contributed by atoms with Crippen LogP contribution in [0.2, 0.25) is 0 Å². The van der Waals surface area contributed by atoms with Gasteiger partial charge in [0.05, 0.1) is 18.1 Å². The Kier molecular flexibility index (Phi) is 3.86. The van der Waals surface area contributed by atoms with Crippen LogP contribution in [-0.4, -0.2) is 9.78 Å². The summed E-state index contributed by atoms with van der Waals surface area (Å²) in [6, 6.07) is 8.44. The van der Waals surface area contributed by atoms with Gasteiger partial charge in [-0.25, -0.2) is 0 Å². The number of benzene rings is 1. The number of nitrogens with zero attached hydrogens (tertiary/aromatic N) is 2. The van der Waals surface area contributed by atoms with Gasteiger partial charge in [-0.1, -0.05) is 12.1 Å². The summed E-state index contributed by atoms with van der Waals surface area (Å²) in [5.74, 6) is 0. The van der Waals surface area contributed by atoms with E-state index in [1.54, 1.807) is 0 Å². The highest BCUT2D eigenvalue weighted by molar-refractivity contribution is 14.1. The Hall–Kier alpha value is -0.550. The van der Waals surface area contributed by atoms with Crippen molar-refractivity contribution in [2.45, 2.75) is 18.8 Å². The molecule has 84 valence electrons. The van der Waals surface area contributed by atoms with Gasteiger partial charge in [-0.05, 0) is 47.2 Å². The van der Waals surface area contributed by atoms with Crippen molar-refractivity contribution in [2.24, 2.45) is 0 Å². The van der Waals surface area contributed by atoms with Crippen molar-refractivity contribution in [1.29, 1.82) is 0 Å². The fourth-order valence-electron chi connectivity index (χ4n) is 1.45. The van der Waals surface area contributed by atoms with Gasteiger partial charge < -0.3 is 0 Å². The van der Waals surface area contributed by atoms with Crippen molar-refractivity contribution in [3.8, 4) is 0 Å². The molecule has 0 amide bonds. The molecule has 1 atom stereocenters. The molecule has 1 unspecified atom stereocenters. The fraction of sp³-hybridized carbons (Fsp3) is 0.250. The average Bonchev–Trinajstić information content (AvgIpc) is 2.70. The van der Waals surface area contributed by atoms with Crippen molar-refractivity contribution < 1.29 is 0 Å². The van der Waals surface area contributed by atoms with Crippen molar-refractivity contribution in [1.82, 2.24) is 9.78 Å². The van der Waals surface area contributed by atoms with Crippen LogP contribution in [0.15, 0.2) is 36.7 Å². The standard InChI is InChI=1S/C12H12ClIN2/c1-9(13)11-6-15-16(8-11)7-10-2-4-12(14)5-3-10/h2-6,8-9H,7H2,1H3. The van der Waals surface area contributed by atoms with Crippen LogP contribution in [0, 0.1) is 3.57 Å². The van der Waals surface area contributed by atoms with Crippen LogP contribution < -0.4 is 0 Å². The van der Waals surface area contributed by atoms with Crippen LogP contribution in [0.4, 0.5) is 0 Å². The van der Waals surface area contributed by atoms with Gasteiger partial charge in [-0.3, -0.25) is 4.68 Å². The van der Waals surface area contributed by atoms with E-state index in [4.69, 9.17) is 11.6 Å². The first-order chi connectivity index (χ1) is 7.65. The summed E-state index contributed by atoms with van der Waals surface area (Å²) < 4.78 is 3.16. The first-order valence-corrected chi connectivity index (χ1v) is 6.57. The maximum atomic E-state index is 5.99. The number of aromatic nitrogens is 2. The third-order valence-electron chi connectivity index (χ3n) is 2.37. The molecule has 0 aliphatic carbocycles. The highest BCUT2D eigenvalue weighted by Crippen LogP contribution is 2.18. The Morgan fingerprint density at radius 2 is 2.06 bits per heavy atom. The number of rotatable bonds is 3. The van der Waals surface area contributed by atoms with Gasteiger partial charge in [0.2, 0.25) is 0 Å². The maximum absolute atomic E-state index is 5.99. The molecule has 0 bridgehead atoms. The molecule has 0 saturated heterocycles. The SMILES string of the molecule is CC(Cl)c1cnn(Cc2ccc(I)cc2)c1. The minimum Gasteiger partial charge on any atom is -0.268 e. The Morgan fingerprint density at radius 1 is 1.38 bits per heavy atom. The molecule has 4 heteroatoms.